The standard InChI is InChI=1S/C96H63B2N7O/c1-6-32-64(33-7-1)99(65-34-8-2-9-35-65)69-58-90-95-91(59-69)105(88-57-31-29-55-86(88)103-81-50-24-18-44-73(81)74-45-19-25-51-82(74)103)89-63-93-78(62-77(89)97(95)75-46-20-26-52-83(75)101(90)68-40-14-5-15-41-68)98-76-47-21-27-53-84(76)104(87-56-30-28-54-85(87)102-79-48-22-16-42-71(79)72-43-17-23-49-80(72)102)92-60-70(61-94(106-93)96(92)98)100(66-36-10-3-11-37-66)67-38-12-4-13-39-67/h1-63H. The molecule has 0 saturated carbocycles. The molecule has 4 aliphatic heterocycles. The average Bonchev–Trinajstić information content (AvgIpc) is 0.838. The molecule has 10 heteroatoms. The van der Waals surface area contributed by atoms with E-state index in [1.54, 1.807) is 0 Å². The first-order valence-electron chi connectivity index (χ1n) is 36.5. The van der Waals surface area contributed by atoms with Crippen molar-refractivity contribution in [3.8, 4) is 22.9 Å². The lowest BCUT2D eigenvalue weighted by atomic mass is 9.30. The molecule has 18 aromatic rings. The number of benzene rings is 16. The Hall–Kier alpha value is -14.0. The molecule has 4 aliphatic rings. The fourth-order valence-electron chi connectivity index (χ4n) is 18.0. The maximum absolute atomic E-state index is 8.08. The molecular weight excluding hydrogens is 1290 g/mol. The molecular formula is C96H63B2N7O. The summed E-state index contributed by atoms with van der Waals surface area (Å²) in [5.41, 5.74) is 29.4. The molecule has 16 aromatic carbocycles. The zero-order chi connectivity index (χ0) is 69.5. The van der Waals surface area contributed by atoms with Gasteiger partial charge in [-0.2, -0.15) is 0 Å². The second kappa shape index (κ2) is 23.8. The lowest BCUT2D eigenvalue weighted by Crippen LogP contribution is -2.64. The molecule has 0 atom stereocenters. The van der Waals surface area contributed by atoms with E-state index < -0.39 is 0 Å². The molecule has 6 heterocycles. The number of rotatable bonds is 11. The van der Waals surface area contributed by atoms with E-state index >= 15 is 0 Å². The largest absolute Gasteiger partial charge is 0.458 e. The zero-order valence-corrected chi connectivity index (χ0v) is 57.6. The van der Waals surface area contributed by atoms with Crippen LogP contribution in [0.3, 0.4) is 0 Å². The maximum atomic E-state index is 8.08. The van der Waals surface area contributed by atoms with Gasteiger partial charge in [0.15, 0.2) is 0 Å². The van der Waals surface area contributed by atoms with Gasteiger partial charge in [-0.1, -0.05) is 231 Å². The molecule has 0 amide bonds. The van der Waals surface area contributed by atoms with Crippen molar-refractivity contribution in [2.45, 2.75) is 0 Å². The number of hydrogen-bond donors (Lipinski definition) is 0. The van der Waals surface area contributed by atoms with Crippen LogP contribution < -0.4 is 62.0 Å². The molecule has 8 nitrogen and oxygen atoms in total. The molecule has 22 rings (SSSR count). The highest BCUT2D eigenvalue weighted by Gasteiger charge is 2.49. The summed E-state index contributed by atoms with van der Waals surface area (Å²) >= 11 is 0. The van der Waals surface area contributed by atoms with Crippen LogP contribution in [0.4, 0.5) is 85.3 Å². The van der Waals surface area contributed by atoms with Crippen LogP contribution >= 0.6 is 0 Å². The lowest BCUT2D eigenvalue weighted by Gasteiger charge is -2.46. The van der Waals surface area contributed by atoms with Gasteiger partial charge in [0, 0.05) is 96.2 Å². The van der Waals surface area contributed by atoms with Crippen molar-refractivity contribution in [1.29, 1.82) is 0 Å². The highest BCUT2D eigenvalue weighted by molar-refractivity contribution is 7.02. The lowest BCUT2D eigenvalue weighted by molar-refractivity contribution is 0.488. The molecule has 106 heavy (non-hydrogen) atoms. The Labute approximate surface area is 614 Å². The number of para-hydroxylation sites is 15. The van der Waals surface area contributed by atoms with E-state index in [0.29, 0.717) is 0 Å². The topological polar surface area (TPSA) is 35.3 Å². The van der Waals surface area contributed by atoms with E-state index in [9.17, 15) is 0 Å². The third-order valence-corrected chi connectivity index (χ3v) is 22.2. The molecule has 0 fully saturated rings. The molecule has 0 radical (unpaired) electrons. The molecule has 2 aromatic heterocycles. The van der Waals surface area contributed by atoms with Crippen molar-refractivity contribution in [1.82, 2.24) is 9.13 Å². The summed E-state index contributed by atoms with van der Waals surface area (Å²) in [6, 6.07) is 140. The van der Waals surface area contributed by atoms with Crippen LogP contribution in [0.15, 0.2) is 382 Å². The van der Waals surface area contributed by atoms with Crippen LogP contribution in [0.2, 0.25) is 0 Å². The predicted molar refractivity (Wildman–Crippen MR) is 444 cm³/mol. The molecule has 0 spiro atoms. The van der Waals surface area contributed by atoms with Gasteiger partial charge in [0.05, 0.1) is 56.2 Å². The smallest absolute Gasteiger partial charge is 0.256 e. The molecule has 0 bridgehead atoms. The SMILES string of the molecule is c1ccc(N(c2ccccc2)c2cc3c4c(c2)N(c2ccccc2-n2c5ccccc5c5ccccc52)c2ccccc2B4c2cc4c(cc2O3)N(c2ccccc2-n2c3ccccc3c3ccccc32)c2cc(N(c3ccccc3)c3ccccc3)cc3c2B4c2ccccc2N3c2ccccc2)cc1. The van der Waals surface area contributed by atoms with E-state index in [1.165, 1.54) is 43.4 Å². The molecule has 494 valence electrons. The van der Waals surface area contributed by atoms with Crippen LogP contribution in [0.25, 0.3) is 55.0 Å². The van der Waals surface area contributed by atoms with Gasteiger partial charge in [-0.05, 0) is 172 Å². The summed E-state index contributed by atoms with van der Waals surface area (Å²) in [7, 11) is 0. The number of aromatic nitrogens is 2. The predicted octanol–water partition coefficient (Wildman–Crippen LogP) is 21.3. The highest BCUT2D eigenvalue weighted by Crippen LogP contribution is 2.53. The first-order valence-corrected chi connectivity index (χ1v) is 36.5. The first kappa shape index (κ1) is 59.7. The summed E-state index contributed by atoms with van der Waals surface area (Å²) in [4.78, 5) is 12.4. The van der Waals surface area contributed by atoms with Crippen molar-refractivity contribution in [2.24, 2.45) is 0 Å². The van der Waals surface area contributed by atoms with Crippen LogP contribution in [-0.4, -0.2) is 22.6 Å². The summed E-state index contributed by atoms with van der Waals surface area (Å²) < 4.78 is 13.0. The number of fused-ring (bicyclic) bond motifs is 14. The van der Waals surface area contributed by atoms with Gasteiger partial charge in [-0.3, -0.25) is 0 Å². The Bertz CT molecular complexity index is 6380. The normalized spacial score (nSPS) is 12.9. The van der Waals surface area contributed by atoms with E-state index in [1.807, 2.05) is 0 Å². The minimum Gasteiger partial charge on any atom is -0.458 e. The molecule has 0 aliphatic carbocycles. The minimum atomic E-state index is -0.283. The summed E-state index contributed by atoms with van der Waals surface area (Å²) in [6.45, 7) is -0.537. The van der Waals surface area contributed by atoms with Crippen molar-refractivity contribution in [3.05, 3.63) is 382 Å². The third-order valence-electron chi connectivity index (χ3n) is 22.2. The number of hydrogen-bond acceptors (Lipinski definition) is 6. The van der Waals surface area contributed by atoms with Crippen LogP contribution in [-0.2, 0) is 0 Å². The monoisotopic (exact) mass is 1350 g/mol. The summed E-state index contributed by atoms with van der Waals surface area (Å²) in [5, 5.41) is 4.81. The second-order valence-electron chi connectivity index (χ2n) is 27.9. The molecule has 0 saturated heterocycles. The number of ether oxygens (including phenoxy) is 1. The van der Waals surface area contributed by atoms with Gasteiger partial charge in [-0.15, -0.1) is 0 Å². The Morgan fingerprint density at radius 3 is 0.991 bits per heavy atom. The Balaban J connectivity index is 0.848. The third kappa shape index (κ3) is 8.98. The first-order chi connectivity index (χ1) is 52.7. The van der Waals surface area contributed by atoms with Crippen molar-refractivity contribution in [2.75, 3.05) is 24.5 Å². The van der Waals surface area contributed by atoms with Crippen LogP contribution in [0.5, 0.6) is 11.5 Å². The second-order valence-corrected chi connectivity index (χ2v) is 27.9. The average molecular weight is 1350 g/mol. The van der Waals surface area contributed by atoms with Crippen LogP contribution in [0.1, 0.15) is 0 Å². The van der Waals surface area contributed by atoms with E-state index in [0.717, 1.165) is 141 Å². The van der Waals surface area contributed by atoms with Gasteiger partial charge in [0.1, 0.15) is 11.5 Å². The Morgan fingerprint density at radius 1 is 0.208 bits per heavy atom. The molecule has 0 unspecified atom stereocenters. The van der Waals surface area contributed by atoms with E-state index in [4.69, 9.17) is 4.74 Å². The minimum absolute atomic E-state index is 0.254. The van der Waals surface area contributed by atoms with Gasteiger partial charge in [0.2, 0.25) is 0 Å². The van der Waals surface area contributed by atoms with E-state index in [2.05, 4.69) is 416 Å². The zero-order valence-electron chi connectivity index (χ0n) is 57.6. The van der Waals surface area contributed by atoms with Gasteiger partial charge in [0.25, 0.3) is 13.4 Å². The van der Waals surface area contributed by atoms with Gasteiger partial charge < -0.3 is 38.4 Å². The maximum Gasteiger partial charge on any atom is 0.256 e. The molecule has 0 N–H and O–H groups in total. The highest BCUT2D eigenvalue weighted by atomic mass is 16.5. The fourth-order valence-corrected chi connectivity index (χ4v) is 18.0. The van der Waals surface area contributed by atoms with Crippen LogP contribution in [0, 0.1) is 0 Å². The van der Waals surface area contributed by atoms with Crippen molar-refractivity contribution >= 4 is 175 Å². The summed E-state index contributed by atoms with van der Waals surface area (Å²) in [6.07, 6.45) is 0. The van der Waals surface area contributed by atoms with Gasteiger partial charge >= 0.3 is 0 Å². The summed E-state index contributed by atoms with van der Waals surface area (Å²) in [5.74, 6) is 1.58. The van der Waals surface area contributed by atoms with Crippen molar-refractivity contribution < 1.29 is 4.74 Å². The van der Waals surface area contributed by atoms with Crippen molar-refractivity contribution in [3.63, 3.8) is 0 Å². The quantitative estimate of drug-likeness (QED) is 0.120. The Morgan fingerprint density at radius 2 is 0.538 bits per heavy atom. The fraction of sp³-hybridized carbons (Fsp3) is 0. The van der Waals surface area contributed by atoms with E-state index in [-0.39, 0.29) is 13.4 Å². The van der Waals surface area contributed by atoms with Gasteiger partial charge in [-0.25, -0.2) is 0 Å². The number of nitrogens with zero attached hydrogens (tertiary/aromatic N) is 7. The Kier molecular flexibility index (Phi) is 13.4. The number of anilines is 15.